The highest BCUT2D eigenvalue weighted by Gasteiger charge is 2.47. The molecule has 1 saturated heterocycles. The lowest BCUT2D eigenvalue weighted by Crippen LogP contribution is -2.40. The van der Waals surface area contributed by atoms with Crippen molar-refractivity contribution in [2.45, 2.75) is 122 Å². The minimum absolute atomic E-state index is 0.0947. The van der Waals surface area contributed by atoms with Gasteiger partial charge in [0.1, 0.15) is 58.5 Å². The zero-order valence-electron chi connectivity index (χ0n) is 26.6. The second-order valence-electron chi connectivity index (χ2n) is 11.8. The Hall–Kier alpha value is -3.42. The number of aromatic carboxylic acids is 1. The number of aromatic hydroxyl groups is 2. The number of phenols is 2. The number of unbranched alkanes of at least 4 members (excludes halogenated alkanes) is 8. The van der Waals surface area contributed by atoms with E-state index in [1.54, 1.807) is 0 Å². The summed E-state index contributed by atoms with van der Waals surface area (Å²) in [7, 11) is 0. The van der Waals surface area contributed by atoms with Crippen LogP contribution in [0.15, 0.2) is 24.3 Å². The Morgan fingerprint density at radius 1 is 0.826 bits per heavy atom. The predicted molar refractivity (Wildman–Crippen MR) is 167 cm³/mol. The molecule has 0 amide bonds. The van der Waals surface area contributed by atoms with Gasteiger partial charge in [0.05, 0.1) is 6.61 Å². The number of hydrogen-bond donors (Lipinski definition) is 7. The number of carboxylic acids is 1. The number of benzene rings is 2. The number of aryl methyl sites for hydroxylation is 2. The summed E-state index contributed by atoms with van der Waals surface area (Å²) in [5.74, 6) is -3.36. The van der Waals surface area contributed by atoms with Gasteiger partial charge < -0.3 is 50.0 Å². The maximum Gasteiger partial charge on any atom is 0.347 e. The van der Waals surface area contributed by atoms with Crippen LogP contribution in [0, 0.1) is 0 Å². The molecule has 3 rings (SSSR count). The van der Waals surface area contributed by atoms with Crippen LogP contribution in [0.5, 0.6) is 23.0 Å². The number of esters is 1. The van der Waals surface area contributed by atoms with E-state index in [4.69, 9.17) is 14.2 Å². The Bertz CT molecular complexity index is 1300. The van der Waals surface area contributed by atoms with E-state index in [1.807, 2.05) is 0 Å². The van der Waals surface area contributed by atoms with Crippen molar-refractivity contribution in [3.63, 3.8) is 0 Å². The zero-order valence-corrected chi connectivity index (χ0v) is 26.6. The average Bonchev–Trinajstić information content (AvgIpc) is 3.28. The summed E-state index contributed by atoms with van der Waals surface area (Å²) in [5, 5.41) is 71.1. The molecule has 0 saturated carbocycles. The van der Waals surface area contributed by atoms with Gasteiger partial charge in [0, 0.05) is 12.1 Å². The molecule has 5 atom stereocenters. The van der Waals surface area contributed by atoms with Gasteiger partial charge in [-0.05, 0) is 48.9 Å². The molecule has 0 aromatic heterocycles. The fraction of sp³-hybridized carbons (Fsp3) is 0.588. The Morgan fingerprint density at radius 3 is 1.98 bits per heavy atom. The lowest BCUT2D eigenvalue weighted by molar-refractivity contribution is -0.137. The van der Waals surface area contributed by atoms with Crippen LogP contribution in [0.2, 0.25) is 0 Å². The topological polar surface area (TPSA) is 203 Å². The Morgan fingerprint density at radius 2 is 1.41 bits per heavy atom. The number of carbonyl (C=O) groups is 2. The summed E-state index contributed by atoms with van der Waals surface area (Å²) in [5.41, 5.74) is 0.323. The van der Waals surface area contributed by atoms with E-state index in [0.717, 1.165) is 63.5 Å². The Balaban J connectivity index is 1.96. The highest BCUT2D eigenvalue weighted by atomic mass is 16.7. The third-order valence-corrected chi connectivity index (χ3v) is 8.14. The van der Waals surface area contributed by atoms with Crippen molar-refractivity contribution in [3.8, 4) is 23.0 Å². The summed E-state index contributed by atoms with van der Waals surface area (Å²) in [6.45, 7) is 3.43. The number of rotatable bonds is 19. The number of hydrogen-bond acceptors (Lipinski definition) is 11. The van der Waals surface area contributed by atoms with Gasteiger partial charge in [-0.25, -0.2) is 9.59 Å². The molecule has 5 unspecified atom stereocenters. The first-order chi connectivity index (χ1) is 22.0. The van der Waals surface area contributed by atoms with E-state index in [0.29, 0.717) is 36.8 Å². The van der Waals surface area contributed by atoms with Crippen molar-refractivity contribution in [1.29, 1.82) is 0 Å². The fourth-order valence-electron chi connectivity index (χ4n) is 5.65. The van der Waals surface area contributed by atoms with Gasteiger partial charge in [-0.15, -0.1) is 0 Å². The maximum atomic E-state index is 13.8. The van der Waals surface area contributed by atoms with E-state index in [9.17, 15) is 45.3 Å². The largest absolute Gasteiger partial charge is 0.508 e. The van der Waals surface area contributed by atoms with Crippen LogP contribution in [0.1, 0.15) is 110 Å². The minimum atomic E-state index is -1.67. The molecule has 46 heavy (non-hydrogen) atoms. The number of aliphatic hydroxyl groups is 4. The van der Waals surface area contributed by atoms with Crippen molar-refractivity contribution < 1.29 is 59.5 Å². The molecule has 1 fully saturated rings. The average molecular weight is 649 g/mol. The molecule has 256 valence electrons. The summed E-state index contributed by atoms with van der Waals surface area (Å²) in [6.07, 6.45) is 2.16. The second-order valence-corrected chi connectivity index (χ2v) is 11.8. The molecule has 1 aliphatic rings. The van der Waals surface area contributed by atoms with Gasteiger partial charge in [0.2, 0.25) is 6.29 Å². The van der Waals surface area contributed by atoms with E-state index in [2.05, 4.69) is 13.8 Å². The van der Waals surface area contributed by atoms with Gasteiger partial charge >= 0.3 is 11.9 Å². The zero-order chi connectivity index (χ0) is 33.8. The fourth-order valence-corrected chi connectivity index (χ4v) is 5.65. The molecule has 2 aromatic rings. The number of carbonyl (C=O) groups excluding carboxylic acids is 1. The van der Waals surface area contributed by atoms with Gasteiger partial charge in [-0.3, -0.25) is 0 Å². The molecule has 0 radical (unpaired) electrons. The van der Waals surface area contributed by atoms with E-state index < -0.39 is 55.0 Å². The van der Waals surface area contributed by atoms with Crippen LogP contribution < -0.4 is 9.47 Å². The molecule has 7 N–H and O–H groups in total. The maximum absolute atomic E-state index is 13.8. The smallest absolute Gasteiger partial charge is 0.347 e. The highest BCUT2D eigenvalue weighted by Crippen LogP contribution is 2.36. The molecule has 0 aliphatic carbocycles. The summed E-state index contributed by atoms with van der Waals surface area (Å²) < 4.78 is 17.0. The van der Waals surface area contributed by atoms with Gasteiger partial charge in [-0.2, -0.15) is 0 Å². The first kappa shape index (κ1) is 37.0. The lowest BCUT2D eigenvalue weighted by Gasteiger charge is -2.21. The SMILES string of the molecule is CCCCCCCc1cc(OC(=O)c2c(CCCCCCC)cc(O)cc2OC2OC(C(O)CO)C(O)C2O)cc(O)c1C(=O)O. The van der Waals surface area contributed by atoms with E-state index >= 15 is 0 Å². The molecular formula is C34H48O12. The number of ether oxygens (including phenoxy) is 3. The third-order valence-electron chi connectivity index (χ3n) is 8.14. The monoisotopic (exact) mass is 648 g/mol. The lowest BCUT2D eigenvalue weighted by atomic mass is 9.98. The molecule has 0 spiro atoms. The second kappa shape index (κ2) is 18.1. The molecule has 0 bridgehead atoms. The highest BCUT2D eigenvalue weighted by molar-refractivity contribution is 5.97. The van der Waals surface area contributed by atoms with E-state index in [1.165, 1.54) is 12.1 Å². The first-order valence-corrected chi connectivity index (χ1v) is 16.2. The van der Waals surface area contributed by atoms with Gasteiger partial charge in [0.15, 0.2) is 0 Å². The van der Waals surface area contributed by atoms with Crippen LogP contribution in [0.3, 0.4) is 0 Å². The molecule has 1 heterocycles. The van der Waals surface area contributed by atoms with Gasteiger partial charge in [0.25, 0.3) is 0 Å². The van der Waals surface area contributed by atoms with Crippen molar-refractivity contribution >= 4 is 11.9 Å². The van der Waals surface area contributed by atoms with E-state index in [-0.39, 0.29) is 28.4 Å². The molecule has 12 nitrogen and oxygen atoms in total. The van der Waals surface area contributed by atoms with Crippen LogP contribution >= 0.6 is 0 Å². The quantitative estimate of drug-likeness (QED) is 0.0650. The normalized spacial score (nSPS) is 20.0. The molecular weight excluding hydrogens is 600 g/mol. The Labute approximate surface area is 269 Å². The van der Waals surface area contributed by atoms with Crippen molar-refractivity contribution in [1.82, 2.24) is 0 Å². The summed E-state index contributed by atoms with van der Waals surface area (Å²) in [6, 6.07) is 4.99. The number of phenolic OH excluding ortho intramolecular Hbond substituents is 1. The first-order valence-electron chi connectivity index (χ1n) is 16.2. The predicted octanol–water partition coefficient (Wildman–Crippen LogP) is 4.22. The van der Waals surface area contributed by atoms with Crippen LogP contribution in [-0.2, 0) is 17.6 Å². The van der Waals surface area contributed by atoms with Crippen LogP contribution in [-0.4, -0.2) is 85.0 Å². The third kappa shape index (κ3) is 9.79. The van der Waals surface area contributed by atoms with Crippen molar-refractivity contribution in [2.75, 3.05) is 6.61 Å². The number of carboxylic acid groups (broad SMARTS) is 1. The number of aliphatic hydroxyl groups excluding tert-OH is 4. The molecule has 12 heteroatoms. The van der Waals surface area contributed by atoms with Crippen molar-refractivity contribution in [2.24, 2.45) is 0 Å². The standard InChI is InChI=1S/C34H48O12/c1-3-5-7-9-11-13-20-15-22(36)17-26(45-34-30(40)29(39)31(46-34)25(38)19-35)28(20)33(43)44-23-16-21(14-12-10-8-6-4-2)27(32(41)42)24(37)18-23/h15-18,25,29-31,34-40H,3-14,19H2,1-2H3,(H,41,42). The van der Waals surface area contributed by atoms with Crippen molar-refractivity contribution in [3.05, 3.63) is 46.5 Å². The summed E-state index contributed by atoms with van der Waals surface area (Å²) >= 11 is 0. The minimum Gasteiger partial charge on any atom is -0.508 e. The van der Waals surface area contributed by atoms with Gasteiger partial charge in [-0.1, -0.05) is 65.2 Å². The van der Waals surface area contributed by atoms with Crippen LogP contribution in [0.4, 0.5) is 0 Å². The van der Waals surface area contributed by atoms with Crippen LogP contribution in [0.25, 0.3) is 0 Å². The molecule has 2 aromatic carbocycles. The molecule has 1 aliphatic heterocycles. The Kier molecular flexibility index (Phi) is 14.5. The summed E-state index contributed by atoms with van der Waals surface area (Å²) in [4.78, 5) is 25.7.